The Hall–Kier alpha value is -2.75. The number of rotatable bonds is 6. The fourth-order valence-electron chi connectivity index (χ4n) is 4.92. The maximum atomic E-state index is 13.2. The second kappa shape index (κ2) is 10.2. The molecule has 8 nitrogen and oxygen atoms in total. The summed E-state index contributed by atoms with van der Waals surface area (Å²) in [5.41, 5.74) is 6.40. The van der Waals surface area contributed by atoms with Crippen LogP contribution in [0, 0.1) is 5.92 Å². The van der Waals surface area contributed by atoms with Crippen molar-refractivity contribution >= 4 is 17.8 Å². The molecule has 3 aromatic rings. The minimum absolute atomic E-state index is 0.186. The van der Waals surface area contributed by atoms with Crippen LogP contribution in [0.2, 0.25) is 0 Å². The Bertz CT molecular complexity index is 1060. The second-order valence-corrected chi connectivity index (χ2v) is 9.30. The van der Waals surface area contributed by atoms with Crippen LogP contribution >= 0.6 is 11.3 Å². The van der Waals surface area contributed by atoms with E-state index in [0.29, 0.717) is 18.4 Å². The largest absolute Gasteiger partial charge is 0.483 e. The number of aromatic nitrogens is 2. The molecule has 0 unspecified atom stereocenters. The number of pyridine rings is 1. The van der Waals surface area contributed by atoms with E-state index < -0.39 is 0 Å². The Kier molecular flexibility index (Phi) is 7.19. The average molecular weight is 457 g/mol. The van der Waals surface area contributed by atoms with E-state index in [1.807, 2.05) is 31.0 Å². The molecular formula is C23H28N4O4S. The molecule has 1 saturated heterocycles. The molecule has 0 radical (unpaired) electrons. The van der Waals surface area contributed by atoms with Gasteiger partial charge in [-0.1, -0.05) is 6.07 Å². The molecule has 1 fully saturated rings. The van der Waals surface area contributed by atoms with Gasteiger partial charge in [-0.2, -0.15) is 0 Å². The minimum Gasteiger partial charge on any atom is -0.483 e. The molecule has 0 aliphatic carbocycles. The highest BCUT2D eigenvalue weighted by Gasteiger charge is 2.35. The van der Waals surface area contributed by atoms with Gasteiger partial charge in [-0.05, 0) is 31.5 Å². The molecule has 0 amide bonds. The summed E-state index contributed by atoms with van der Waals surface area (Å²) in [6, 6.07) is 6.27. The molecule has 170 valence electrons. The van der Waals surface area contributed by atoms with Gasteiger partial charge in [0.15, 0.2) is 0 Å². The second-order valence-electron chi connectivity index (χ2n) is 8.58. The lowest BCUT2D eigenvalue weighted by Gasteiger charge is -2.43. The SMILES string of the molecule is CN(Cc1cscn1)Cc1ccc2n(c1=O)C[C@H]1C[C@@H]2CN(Cc2ccoc2)C1.O=CO. The quantitative estimate of drug-likeness (QED) is 0.570. The van der Waals surface area contributed by atoms with Crippen molar-refractivity contribution in [1.29, 1.82) is 0 Å². The number of nitrogens with zero attached hydrogens (tertiary/aromatic N) is 4. The van der Waals surface area contributed by atoms with Gasteiger partial charge in [-0.25, -0.2) is 4.98 Å². The van der Waals surface area contributed by atoms with Crippen molar-refractivity contribution in [3.63, 3.8) is 0 Å². The van der Waals surface area contributed by atoms with E-state index in [1.165, 1.54) is 17.7 Å². The predicted molar refractivity (Wildman–Crippen MR) is 122 cm³/mol. The third-order valence-electron chi connectivity index (χ3n) is 6.10. The smallest absolute Gasteiger partial charge is 0.290 e. The molecule has 9 heteroatoms. The third kappa shape index (κ3) is 5.17. The summed E-state index contributed by atoms with van der Waals surface area (Å²) in [6.45, 7) is 4.96. The molecule has 5 rings (SSSR count). The molecule has 2 atom stereocenters. The molecule has 5 heterocycles. The normalized spacial score (nSPS) is 19.8. The maximum Gasteiger partial charge on any atom is 0.290 e. The molecule has 0 aromatic carbocycles. The van der Waals surface area contributed by atoms with Gasteiger partial charge >= 0.3 is 0 Å². The van der Waals surface area contributed by atoms with Gasteiger partial charge < -0.3 is 14.1 Å². The average Bonchev–Trinajstić information content (AvgIpc) is 3.45. The molecule has 32 heavy (non-hydrogen) atoms. The maximum absolute atomic E-state index is 13.2. The molecule has 3 aromatic heterocycles. The molecule has 1 N–H and O–H groups in total. The number of furan rings is 1. The van der Waals surface area contributed by atoms with Crippen molar-refractivity contribution < 1.29 is 14.3 Å². The Morgan fingerprint density at radius 1 is 1.28 bits per heavy atom. The van der Waals surface area contributed by atoms with Crippen molar-refractivity contribution in [3.05, 3.63) is 74.5 Å². The molecule has 0 spiro atoms. The first kappa shape index (κ1) is 22.4. The fourth-order valence-corrected chi connectivity index (χ4v) is 5.47. The third-order valence-corrected chi connectivity index (χ3v) is 6.74. The van der Waals surface area contributed by atoms with Crippen LogP contribution in [0.4, 0.5) is 0 Å². The van der Waals surface area contributed by atoms with Gasteiger partial charge in [0.05, 0.1) is 23.7 Å². The van der Waals surface area contributed by atoms with E-state index in [0.717, 1.165) is 44.0 Å². The van der Waals surface area contributed by atoms with Gasteiger partial charge in [-0.3, -0.25) is 19.4 Å². The molecule has 2 aliphatic heterocycles. The van der Waals surface area contributed by atoms with Crippen LogP contribution in [0.5, 0.6) is 0 Å². The van der Waals surface area contributed by atoms with Crippen LogP contribution in [0.15, 0.2) is 50.8 Å². The molecule has 2 aliphatic rings. The van der Waals surface area contributed by atoms with E-state index in [4.69, 9.17) is 14.3 Å². The highest BCUT2D eigenvalue weighted by Crippen LogP contribution is 2.35. The molecule has 0 saturated carbocycles. The first-order valence-electron chi connectivity index (χ1n) is 10.7. The number of carboxylic acid groups (broad SMARTS) is 1. The van der Waals surface area contributed by atoms with E-state index >= 15 is 0 Å². The van der Waals surface area contributed by atoms with Crippen molar-refractivity contribution in [1.82, 2.24) is 19.4 Å². The van der Waals surface area contributed by atoms with E-state index in [-0.39, 0.29) is 12.0 Å². The Morgan fingerprint density at radius 2 is 2.12 bits per heavy atom. The Labute approximate surface area is 190 Å². The first-order chi connectivity index (χ1) is 15.6. The van der Waals surface area contributed by atoms with Crippen molar-refractivity contribution in [2.75, 3.05) is 20.1 Å². The zero-order valence-electron chi connectivity index (χ0n) is 18.1. The molecule has 2 bridgehead atoms. The summed E-state index contributed by atoms with van der Waals surface area (Å²) in [4.78, 5) is 30.6. The highest BCUT2D eigenvalue weighted by atomic mass is 32.1. The highest BCUT2D eigenvalue weighted by molar-refractivity contribution is 7.07. The lowest BCUT2D eigenvalue weighted by Crippen LogP contribution is -2.47. The summed E-state index contributed by atoms with van der Waals surface area (Å²) in [7, 11) is 2.05. The minimum atomic E-state index is -0.250. The Balaban J connectivity index is 0.000000775. The van der Waals surface area contributed by atoms with E-state index in [1.54, 1.807) is 17.6 Å². The monoisotopic (exact) mass is 456 g/mol. The number of fused-ring (bicyclic) bond motifs is 4. The fraction of sp³-hybridized carbons (Fsp3) is 0.435. The van der Waals surface area contributed by atoms with Crippen molar-refractivity contribution in [2.45, 2.75) is 38.5 Å². The summed E-state index contributed by atoms with van der Waals surface area (Å²) >= 11 is 1.61. The zero-order valence-corrected chi connectivity index (χ0v) is 18.9. The number of likely N-dealkylation sites (tertiary alicyclic amines) is 1. The number of piperidine rings is 1. The lowest BCUT2D eigenvalue weighted by molar-refractivity contribution is -0.122. The standard InChI is InChI=1S/C22H26N4O2S.CH2O2/c1-24(12-20-14-29-15-23-20)10-18-2-3-21-19-6-17(9-26(21)22(18)27)8-25(11-19)7-16-4-5-28-13-16;2-1-3/h2-5,13-15,17,19H,6-12H2,1H3;1H,(H,2,3)/t17-,19+;/m0./s1. The van der Waals surface area contributed by atoms with Gasteiger partial charge in [0.2, 0.25) is 0 Å². The topological polar surface area (TPSA) is 91.8 Å². The van der Waals surface area contributed by atoms with Gasteiger partial charge in [0.1, 0.15) is 0 Å². The summed E-state index contributed by atoms with van der Waals surface area (Å²) in [5, 5.41) is 8.95. The van der Waals surface area contributed by atoms with Gasteiger partial charge in [0, 0.05) is 67.4 Å². The van der Waals surface area contributed by atoms with Crippen LogP contribution in [0.3, 0.4) is 0 Å². The first-order valence-corrected chi connectivity index (χ1v) is 11.6. The van der Waals surface area contributed by atoms with Crippen molar-refractivity contribution in [2.24, 2.45) is 5.92 Å². The van der Waals surface area contributed by atoms with Crippen LogP contribution < -0.4 is 5.56 Å². The van der Waals surface area contributed by atoms with Gasteiger partial charge in [-0.15, -0.1) is 11.3 Å². The predicted octanol–water partition coefficient (Wildman–Crippen LogP) is 2.85. The summed E-state index contributed by atoms with van der Waals surface area (Å²) < 4.78 is 7.28. The number of hydrogen-bond donors (Lipinski definition) is 1. The van der Waals surface area contributed by atoms with Crippen LogP contribution in [-0.2, 0) is 31.0 Å². The summed E-state index contributed by atoms with van der Waals surface area (Å²) in [5.74, 6) is 0.970. The van der Waals surface area contributed by atoms with Crippen molar-refractivity contribution in [3.8, 4) is 0 Å². The number of carbonyl (C=O) groups is 1. The summed E-state index contributed by atoms with van der Waals surface area (Å²) in [6.07, 6.45) is 4.75. The van der Waals surface area contributed by atoms with E-state index in [9.17, 15) is 4.79 Å². The van der Waals surface area contributed by atoms with Crippen LogP contribution in [0.25, 0.3) is 0 Å². The Morgan fingerprint density at radius 3 is 2.84 bits per heavy atom. The number of thiazole rings is 1. The lowest BCUT2D eigenvalue weighted by atomic mass is 9.83. The molecular weight excluding hydrogens is 428 g/mol. The van der Waals surface area contributed by atoms with Gasteiger partial charge in [0.25, 0.3) is 12.0 Å². The van der Waals surface area contributed by atoms with E-state index in [2.05, 4.69) is 30.8 Å². The number of hydrogen-bond acceptors (Lipinski definition) is 7. The zero-order chi connectivity index (χ0) is 22.5. The van der Waals surface area contributed by atoms with Crippen LogP contribution in [-0.4, -0.2) is 51.1 Å². The van der Waals surface area contributed by atoms with Crippen LogP contribution in [0.1, 0.15) is 34.9 Å².